The van der Waals surface area contributed by atoms with Crippen LogP contribution in [0, 0.1) is 17.8 Å². The molecule has 2 bridgehead atoms. The zero-order chi connectivity index (χ0) is 18.9. The third-order valence-electron chi connectivity index (χ3n) is 7.11. The molecule has 1 aliphatic heterocycles. The Morgan fingerprint density at radius 2 is 1.89 bits per heavy atom. The first-order valence-electron chi connectivity index (χ1n) is 10.5. The summed E-state index contributed by atoms with van der Waals surface area (Å²) in [5.41, 5.74) is 7.56. The van der Waals surface area contributed by atoms with E-state index in [9.17, 15) is 4.79 Å². The van der Waals surface area contributed by atoms with Crippen LogP contribution in [0.4, 0.5) is 0 Å². The van der Waals surface area contributed by atoms with E-state index in [1.165, 1.54) is 12.0 Å². The highest BCUT2D eigenvalue weighted by atomic mass is 35.5. The fraction of sp³-hybridized carbons (Fsp3) is 0.682. The number of rotatable bonds is 6. The monoisotopic (exact) mass is 408 g/mol. The molecule has 6 heteroatoms. The molecule has 1 aromatic carbocycles. The van der Waals surface area contributed by atoms with Crippen molar-refractivity contribution in [3.05, 3.63) is 29.8 Å². The van der Waals surface area contributed by atoms with Crippen LogP contribution in [0.1, 0.15) is 44.6 Å². The number of hydrogen-bond acceptors (Lipinski definition) is 4. The van der Waals surface area contributed by atoms with Crippen LogP contribution in [0.25, 0.3) is 0 Å². The minimum Gasteiger partial charge on any atom is -0.494 e. The summed E-state index contributed by atoms with van der Waals surface area (Å²) in [4.78, 5) is 13.0. The van der Waals surface area contributed by atoms with E-state index in [2.05, 4.69) is 17.4 Å². The number of nitrogens with one attached hydrogen (secondary N) is 1. The van der Waals surface area contributed by atoms with Gasteiger partial charge in [0.2, 0.25) is 5.91 Å². The molecule has 0 aromatic heterocycles. The highest BCUT2D eigenvalue weighted by molar-refractivity contribution is 5.85. The Kier molecular flexibility index (Phi) is 6.89. The molecule has 4 atom stereocenters. The lowest BCUT2D eigenvalue weighted by Crippen LogP contribution is -2.50. The highest BCUT2D eigenvalue weighted by Gasteiger charge is 2.49. The highest BCUT2D eigenvalue weighted by Crippen LogP contribution is 2.47. The first-order chi connectivity index (χ1) is 13.1. The van der Waals surface area contributed by atoms with E-state index in [-0.39, 0.29) is 35.7 Å². The van der Waals surface area contributed by atoms with Gasteiger partial charge in [0.05, 0.1) is 12.5 Å². The molecule has 1 aromatic rings. The second-order valence-electron chi connectivity index (χ2n) is 8.50. The van der Waals surface area contributed by atoms with E-state index in [0.29, 0.717) is 25.0 Å². The molecule has 2 aliphatic carbocycles. The number of halogens is 1. The van der Waals surface area contributed by atoms with Gasteiger partial charge >= 0.3 is 0 Å². The number of carbonyl (C=O) groups is 1. The van der Waals surface area contributed by atoms with Crippen LogP contribution in [0.5, 0.6) is 5.75 Å². The molecular weight excluding hydrogens is 376 g/mol. The number of amides is 1. The maximum Gasteiger partial charge on any atom is 0.224 e. The molecule has 0 radical (unpaired) electrons. The number of benzene rings is 1. The second-order valence-corrected chi connectivity index (χ2v) is 8.50. The maximum atomic E-state index is 13.0. The van der Waals surface area contributed by atoms with Gasteiger partial charge in [0, 0.05) is 31.2 Å². The molecular formula is C22H33ClN2O3. The minimum absolute atomic E-state index is 0. The van der Waals surface area contributed by atoms with Crippen molar-refractivity contribution in [2.75, 3.05) is 26.4 Å². The van der Waals surface area contributed by atoms with E-state index in [1.807, 2.05) is 19.1 Å². The number of fused-ring (bicyclic) bond motifs is 2. The summed E-state index contributed by atoms with van der Waals surface area (Å²) >= 11 is 0. The molecule has 4 rings (SSSR count). The molecule has 1 saturated heterocycles. The van der Waals surface area contributed by atoms with Gasteiger partial charge < -0.3 is 20.5 Å². The standard InChI is InChI=1S/C22H32N2O3.ClH/c1-2-27-18-7-5-17(6-8-18)22(9-11-26-12-10-22)14-24-21(25)19-15-3-4-16(13-15)20(19)23;/h5-8,15-16,19-20H,2-4,9-14,23H2,1H3,(H,24,25);1H. The fourth-order valence-electron chi connectivity index (χ4n) is 5.50. The lowest BCUT2D eigenvalue weighted by Gasteiger charge is -2.39. The molecule has 4 unspecified atom stereocenters. The number of ether oxygens (including phenoxy) is 2. The van der Waals surface area contributed by atoms with Crippen LogP contribution in [0.3, 0.4) is 0 Å². The Bertz CT molecular complexity index is 658. The quantitative estimate of drug-likeness (QED) is 0.758. The molecule has 3 aliphatic rings. The predicted octanol–water partition coefficient (Wildman–Crippen LogP) is 3.04. The minimum atomic E-state index is -0.0691. The van der Waals surface area contributed by atoms with Gasteiger partial charge in [-0.05, 0) is 68.6 Å². The summed E-state index contributed by atoms with van der Waals surface area (Å²) in [7, 11) is 0. The van der Waals surface area contributed by atoms with Crippen LogP contribution in [-0.4, -0.2) is 38.3 Å². The molecule has 1 heterocycles. The van der Waals surface area contributed by atoms with Gasteiger partial charge in [0.25, 0.3) is 0 Å². The summed E-state index contributed by atoms with van der Waals surface area (Å²) in [6, 6.07) is 8.39. The molecule has 3 fully saturated rings. The van der Waals surface area contributed by atoms with E-state index >= 15 is 0 Å². The topological polar surface area (TPSA) is 73.6 Å². The first kappa shape index (κ1) is 21.4. The fourth-order valence-corrected chi connectivity index (χ4v) is 5.50. The van der Waals surface area contributed by atoms with Crippen LogP contribution in [0.15, 0.2) is 24.3 Å². The van der Waals surface area contributed by atoms with Gasteiger partial charge in [-0.15, -0.1) is 12.4 Å². The zero-order valence-electron chi connectivity index (χ0n) is 16.7. The van der Waals surface area contributed by atoms with Gasteiger partial charge in [-0.3, -0.25) is 4.79 Å². The Hall–Kier alpha value is -1.30. The average Bonchev–Trinajstić information content (AvgIpc) is 3.29. The molecule has 2 saturated carbocycles. The van der Waals surface area contributed by atoms with Gasteiger partial charge in [-0.25, -0.2) is 0 Å². The summed E-state index contributed by atoms with van der Waals surface area (Å²) in [6.45, 7) is 4.78. The average molecular weight is 409 g/mol. The number of nitrogens with two attached hydrogens (primary N) is 1. The van der Waals surface area contributed by atoms with E-state index in [0.717, 1.165) is 44.6 Å². The van der Waals surface area contributed by atoms with Crippen LogP contribution >= 0.6 is 12.4 Å². The molecule has 3 N–H and O–H groups in total. The molecule has 1 amide bonds. The predicted molar refractivity (Wildman–Crippen MR) is 112 cm³/mol. The lowest BCUT2D eigenvalue weighted by atomic mass is 9.74. The molecule has 5 nitrogen and oxygen atoms in total. The second kappa shape index (κ2) is 9.02. The third kappa shape index (κ3) is 4.03. The van der Waals surface area contributed by atoms with Crippen molar-refractivity contribution in [3.63, 3.8) is 0 Å². The van der Waals surface area contributed by atoms with Crippen molar-refractivity contribution >= 4 is 18.3 Å². The van der Waals surface area contributed by atoms with Crippen LogP contribution in [0.2, 0.25) is 0 Å². The van der Waals surface area contributed by atoms with Crippen molar-refractivity contribution in [3.8, 4) is 5.75 Å². The smallest absolute Gasteiger partial charge is 0.224 e. The van der Waals surface area contributed by atoms with Crippen LogP contribution in [-0.2, 0) is 14.9 Å². The summed E-state index contributed by atoms with van der Waals surface area (Å²) < 4.78 is 11.2. The largest absolute Gasteiger partial charge is 0.494 e. The van der Waals surface area contributed by atoms with Gasteiger partial charge in [-0.2, -0.15) is 0 Å². The van der Waals surface area contributed by atoms with Crippen molar-refractivity contribution in [2.45, 2.75) is 50.5 Å². The zero-order valence-corrected chi connectivity index (χ0v) is 17.5. The summed E-state index contributed by atoms with van der Waals surface area (Å²) in [6.07, 6.45) is 5.34. The first-order valence-corrected chi connectivity index (χ1v) is 10.5. The van der Waals surface area contributed by atoms with E-state index in [4.69, 9.17) is 15.2 Å². The summed E-state index contributed by atoms with van der Waals surface area (Å²) in [5, 5.41) is 3.28. The number of carbonyl (C=O) groups excluding carboxylic acids is 1. The van der Waals surface area contributed by atoms with Crippen LogP contribution < -0.4 is 15.8 Å². The van der Waals surface area contributed by atoms with Gasteiger partial charge in [0.15, 0.2) is 0 Å². The third-order valence-corrected chi connectivity index (χ3v) is 7.11. The van der Waals surface area contributed by atoms with Gasteiger partial charge in [-0.1, -0.05) is 12.1 Å². The van der Waals surface area contributed by atoms with Crippen molar-refractivity contribution in [1.82, 2.24) is 5.32 Å². The summed E-state index contributed by atoms with van der Waals surface area (Å²) in [5.74, 6) is 2.09. The van der Waals surface area contributed by atoms with Crippen molar-refractivity contribution in [1.29, 1.82) is 0 Å². The maximum absolute atomic E-state index is 13.0. The molecule has 156 valence electrons. The molecule has 28 heavy (non-hydrogen) atoms. The Morgan fingerprint density at radius 1 is 1.21 bits per heavy atom. The SMILES string of the molecule is CCOc1ccc(C2(CNC(=O)C3C4CCC(C4)C3N)CCOCC2)cc1.Cl. The van der Waals surface area contributed by atoms with E-state index in [1.54, 1.807) is 0 Å². The normalized spacial score (nSPS) is 30.5. The lowest BCUT2D eigenvalue weighted by molar-refractivity contribution is -0.127. The Balaban J connectivity index is 0.00000225. The van der Waals surface area contributed by atoms with Crippen molar-refractivity contribution < 1.29 is 14.3 Å². The van der Waals surface area contributed by atoms with E-state index < -0.39 is 0 Å². The van der Waals surface area contributed by atoms with Crippen molar-refractivity contribution in [2.24, 2.45) is 23.5 Å². The van der Waals surface area contributed by atoms with Gasteiger partial charge in [0.1, 0.15) is 5.75 Å². The Morgan fingerprint density at radius 3 is 2.50 bits per heavy atom. The number of hydrogen-bond donors (Lipinski definition) is 2. The molecule has 0 spiro atoms. The Labute approximate surface area is 174 Å².